The van der Waals surface area contributed by atoms with E-state index in [2.05, 4.69) is 4.90 Å². The number of hydrogen-bond donors (Lipinski definition) is 1. The summed E-state index contributed by atoms with van der Waals surface area (Å²) in [7, 11) is 0. The Balaban J connectivity index is 2.48. The van der Waals surface area contributed by atoms with Crippen LogP contribution in [0.2, 0.25) is 0 Å². The Morgan fingerprint density at radius 3 is 2.14 bits per heavy atom. The summed E-state index contributed by atoms with van der Waals surface area (Å²) >= 11 is 0. The van der Waals surface area contributed by atoms with Gasteiger partial charge in [0.2, 0.25) is 0 Å². The molecule has 0 saturated carbocycles. The van der Waals surface area contributed by atoms with Crippen LogP contribution < -0.4 is 0 Å². The Labute approximate surface area is 86.1 Å². The smallest absolute Gasteiger partial charge is 0.320 e. The number of rotatable bonds is 3. The van der Waals surface area contributed by atoms with Crippen molar-refractivity contribution in [2.75, 3.05) is 13.1 Å². The standard InChI is InChI=1S/C11H21NO2/c1-2-10(11(13)14)12-8-6-4-3-5-7-9-12/h10H,2-9H2,1H3,(H,13,14). The van der Waals surface area contributed by atoms with Gasteiger partial charge in [0.25, 0.3) is 0 Å². The number of aliphatic carboxylic acids is 1. The van der Waals surface area contributed by atoms with E-state index in [1.807, 2.05) is 6.92 Å². The van der Waals surface area contributed by atoms with Crippen LogP contribution in [0.15, 0.2) is 0 Å². The van der Waals surface area contributed by atoms with Crippen LogP contribution in [0.25, 0.3) is 0 Å². The summed E-state index contributed by atoms with van der Waals surface area (Å²) < 4.78 is 0. The summed E-state index contributed by atoms with van der Waals surface area (Å²) in [6.07, 6.45) is 6.86. The van der Waals surface area contributed by atoms with Gasteiger partial charge in [-0.25, -0.2) is 0 Å². The molecular weight excluding hydrogens is 178 g/mol. The van der Waals surface area contributed by atoms with Gasteiger partial charge in [0.15, 0.2) is 0 Å². The van der Waals surface area contributed by atoms with E-state index in [1.54, 1.807) is 0 Å². The summed E-state index contributed by atoms with van der Waals surface area (Å²) in [4.78, 5) is 13.1. The maximum Gasteiger partial charge on any atom is 0.320 e. The second-order valence-corrected chi connectivity index (χ2v) is 4.07. The summed E-state index contributed by atoms with van der Waals surface area (Å²) in [6.45, 7) is 3.88. The highest BCUT2D eigenvalue weighted by Crippen LogP contribution is 2.14. The lowest BCUT2D eigenvalue weighted by Crippen LogP contribution is -2.42. The molecule has 0 aromatic carbocycles. The largest absolute Gasteiger partial charge is 0.480 e. The molecule has 14 heavy (non-hydrogen) atoms. The Morgan fingerprint density at radius 2 is 1.71 bits per heavy atom. The number of hydrogen-bond acceptors (Lipinski definition) is 2. The van der Waals surface area contributed by atoms with Crippen LogP contribution in [-0.4, -0.2) is 35.1 Å². The quantitative estimate of drug-likeness (QED) is 0.757. The zero-order valence-electron chi connectivity index (χ0n) is 9.04. The molecule has 0 amide bonds. The molecule has 1 unspecified atom stereocenters. The van der Waals surface area contributed by atoms with Gasteiger partial charge in [-0.05, 0) is 32.4 Å². The van der Waals surface area contributed by atoms with Gasteiger partial charge in [0.1, 0.15) is 6.04 Å². The first-order chi connectivity index (χ1) is 6.75. The topological polar surface area (TPSA) is 40.5 Å². The molecule has 0 bridgehead atoms. The van der Waals surface area contributed by atoms with Crippen LogP contribution in [-0.2, 0) is 4.79 Å². The summed E-state index contributed by atoms with van der Waals surface area (Å²) in [5.41, 5.74) is 0. The summed E-state index contributed by atoms with van der Waals surface area (Å²) in [6, 6.07) is -0.256. The van der Waals surface area contributed by atoms with Crippen LogP contribution in [0.4, 0.5) is 0 Å². The fraction of sp³-hybridized carbons (Fsp3) is 0.909. The minimum Gasteiger partial charge on any atom is -0.480 e. The van der Waals surface area contributed by atoms with E-state index in [-0.39, 0.29) is 6.04 Å². The molecule has 1 atom stereocenters. The van der Waals surface area contributed by atoms with Crippen LogP contribution >= 0.6 is 0 Å². The molecule has 1 aliphatic rings. The Hall–Kier alpha value is -0.570. The molecule has 0 aromatic rings. The van der Waals surface area contributed by atoms with Gasteiger partial charge >= 0.3 is 5.97 Å². The third-order valence-corrected chi connectivity index (χ3v) is 3.00. The molecule has 1 rings (SSSR count). The number of carboxylic acid groups (broad SMARTS) is 1. The van der Waals surface area contributed by atoms with E-state index >= 15 is 0 Å². The van der Waals surface area contributed by atoms with Gasteiger partial charge in [0, 0.05) is 0 Å². The van der Waals surface area contributed by atoms with E-state index in [1.165, 1.54) is 19.3 Å². The Morgan fingerprint density at radius 1 is 1.21 bits per heavy atom. The van der Waals surface area contributed by atoms with Crippen LogP contribution in [0.1, 0.15) is 45.4 Å². The molecule has 1 N–H and O–H groups in total. The highest BCUT2D eigenvalue weighted by atomic mass is 16.4. The van der Waals surface area contributed by atoms with Crippen LogP contribution in [0.5, 0.6) is 0 Å². The Kier molecular flexibility index (Phi) is 4.94. The predicted molar refractivity (Wildman–Crippen MR) is 56.4 cm³/mol. The number of likely N-dealkylation sites (tertiary alicyclic amines) is 1. The van der Waals surface area contributed by atoms with Crippen molar-refractivity contribution in [3.05, 3.63) is 0 Å². The molecule has 3 nitrogen and oxygen atoms in total. The van der Waals surface area contributed by atoms with Gasteiger partial charge in [-0.2, -0.15) is 0 Å². The summed E-state index contributed by atoms with van der Waals surface area (Å²) in [5.74, 6) is -0.659. The fourth-order valence-corrected chi connectivity index (χ4v) is 2.17. The van der Waals surface area contributed by atoms with Gasteiger partial charge < -0.3 is 5.11 Å². The van der Waals surface area contributed by atoms with Crippen molar-refractivity contribution in [2.24, 2.45) is 0 Å². The number of carbonyl (C=O) groups is 1. The monoisotopic (exact) mass is 199 g/mol. The highest BCUT2D eigenvalue weighted by molar-refractivity contribution is 5.73. The van der Waals surface area contributed by atoms with Crippen LogP contribution in [0.3, 0.4) is 0 Å². The molecule has 82 valence electrons. The molecule has 0 spiro atoms. The van der Waals surface area contributed by atoms with E-state index in [0.717, 1.165) is 32.4 Å². The second kappa shape index (κ2) is 6.02. The average Bonchev–Trinajstić information content (AvgIpc) is 2.08. The van der Waals surface area contributed by atoms with Crippen molar-refractivity contribution < 1.29 is 9.90 Å². The first kappa shape index (κ1) is 11.5. The molecule has 1 saturated heterocycles. The maximum absolute atomic E-state index is 11.0. The van der Waals surface area contributed by atoms with E-state index in [9.17, 15) is 4.79 Å². The van der Waals surface area contributed by atoms with Crippen molar-refractivity contribution in [1.82, 2.24) is 4.90 Å². The normalized spacial score (nSPS) is 22.4. The predicted octanol–water partition coefficient (Wildman–Crippen LogP) is 2.12. The third kappa shape index (κ3) is 3.29. The van der Waals surface area contributed by atoms with Crippen molar-refractivity contribution >= 4 is 5.97 Å². The zero-order valence-corrected chi connectivity index (χ0v) is 9.04. The zero-order chi connectivity index (χ0) is 10.4. The highest BCUT2D eigenvalue weighted by Gasteiger charge is 2.23. The van der Waals surface area contributed by atoms with Gasteiger partial charge in [-0.3, -0.25) is 9.69 Å². The Bertz CT molecular complexity index is 174. The van der Waals surface area contributed by atoms with Gasteiger partial charge in [-0.15, -0.1) is 0 Å². The lowest BCUT2D eigenvalue weighted by molar-refractivity contribution is -0.143. The number of nitrogens with zero attached hydrogens (tertiary/aromatic N) is 1. The molecule has 0 radical (unpaired) electrons. The third-order valence-electron chi connectivity index (χ3n) is 3.00. The van der Waals surface area contributed by atoms with E-state index in [0.29, 0.717) is 0 Å². The summed E-state index contributed by atoms with van der Waals surface area (Å²) in [5, 5.41) is 9.05. The van der Waals surface area contributed by atoms with Crippen molar-refractivity contribution in [2.45, 2.75) is 51.5 Å². The van der Waals surface area contributed by atoms with E-state index < -0.39 is 5.97 Å². The van der Waals surface area contributed by atoms with Crippen molar-refractivity contribution in [3.63, 3.8) is 0 Å². The van der Waals surface area contributed by atoms with Crippen molar-refractivity contribution in [3.8, 4) is 0 Å². The van der Waals surface area contributed by atoms with Gasteiger partial charge in [0.05, 0.1) is 0 Å². The minimum atomic E-state index is -0.659. The van der Waals surface area contributed by atoms with Crippen molar-refractivity contribution in [1.29, 1.82) is 0 Å². The molecule has 3 heteroatoms. The first-order valence-electron chi connectivity index (χ1n) is 5.72. The first-order valence-corrected chi connectivity index (χ1v) is 5.72. The minimum absolute atomic E-state index is 0.256. The molecule has 1 aliphatic heterocycles. The molecular formula is C11H21NO2. The second-order valence-electron chi connectivity index (χ2n) is 4.07. The molecule has 1 heterocycles. The molecule has 0 aromatic heterocycles. The maximum atomic E-state index is 11.0. The lowest BCUT2D eigenvalue weighted by atomic mass is 10.1. The fourth-order valence-electron chi connectivity index (χ4n) is 2.17. The van der Waals surface area contributed by atoms with E-state index in [4.69, 9.17) is 5.11 Å². The van der Waals surface area contributed by atoms with Gasteiger partial charge in [-0.1, -0.05) is 26.2 Å². The lowest BCUT2D eigenvalue weighted by Gasteiger charge is -2.29. The molecule has 0 aliphatic carbocycles. The number of carboxylic acids is 1. The SMILES string of the molecule is CCC(C(=O)O)N1CCCCCCC1. The van der Waals surface area contributed by atoms with Crippen LogP contribution in [0, 0.1) is 0 Å². The average molecular weight is 199 g/mol. The molecule has 1 fully saturated rings.